The number of ether oxygens (including phenoxy) is 4. The molecule has 6 aromatic rings. The SMILES string of the molecule is CC(=O)Nc1ccc(Oc2cccc(OCCOC3CCN(c4ncc(C(=O)NC5C(C)(C)C(Oc6ccc(C#N)c(Cl)c6)C5(C)C)cn4)CC3)c2)c(-c2cn(C)c(=O)c3[nH]ccc23)c1. The summed E-state index contributed by atoms with van der Waals surface area (Å²) in [5.74, 6) is 2.38. The predicted molar refractivity (Wildman–Crippen MR) is 248 cm³/mol. The first kappa shape index (κ1) is 44.7. The Morgan fingerprint density at radius 1 is 0.938 bits per heavy atom. The van der Waals surface area contributed by atoms with Crippen LogP contribution in [0.2, 0.25) is 5.02 Å². The van der Waals surface area contributed by atoms with Crippen molar-refractivity contribution in [3.05, 3.63) is 118 Å². The summed E-state index contributed by atoms with van der Waals surface area (Å²) in [5, 5.41) is 16.3. The van der Waals surface area contributed by atoms with Crippen LogP contribution in [0.15, 0.2) is 96.3 Å². The lowest BCUT2D eigenvalue weighted by atomic mass is 9.49. The fraction of sp³-hybridized carbons (Fsp3) is 0.347. The highest BCUT2D eigenvalue weighted by atomic mass is 35.5. The van der Waals surface area contributed by atoms with Gasteiger partial charge in [-0.15, -0.1) is 0 Å². The third kappa shape index (κ3) is 9.36. The van der Waals surface area contributed by atoms with Crippen molar-refractivity contribution in [1.29, 1.82) is 5.26 Å². The van der Waals surface area contributed by atoms with Gasteiger partial charge in [0, 0.05) is 103 Å². The Labute approximate surface area is 381 Å². The Hall–Kier alpha value is -6.89. The van der Waals surface area contributed by atoms with Crippen molar-refractivity contribution >= 4 is 46.0 Å². The third-order valence-electron chi connectivity index (χ3n) is 12.3. The summed E-state index contributed by atoms with van der Waals surface area (Å²) in [7, 11) is 1.69. The zero-order valence-electron chi connectivity index (χ0n) is 37.1. The number of carbonyl (C=O) groups is 2. The van der Waals surface area contributed by atoms with E-state index in [1.807, 2.05) is 36.4 Å². The van der Waals surface area contributed by atoms with E-state index in [4.69, 9.17) is 30.5 Å². The van der Waals surface area contributed by atoms with Crippen molar-refractivity contribution < 1.29 is 28.5 Å². The molecular formula is C49H51ClN8O7. The van der Waals surface area contributed by atoms with Gasteiger partial charge in [0.2, 0.25) is 11.9 Å². The Morgan fingerprint density at radius 3 is 2.38 bits per heavy atom. The van der Waals surface area contributed by atoms with Crippen LogP contribution >= 0.6 is 11.6 Å². The largest absolute Gasteiger partial charge is 0.491 e. The summed E-state index contributed by atoms with van der Waals surface area (Å²) < 4.78 is 26.6. The van der Waals surface area contributed by atoms with Crippen LogP contribution in [0.4, 0.5) is 11.6 Å². The lowest BCUT2D eigenvalue weighted by Gasteiger charge is -2.63. The van der Waals surface area contributed by atoms with Crippen LogP contribution in [-0.2, 0) is 16.6 Å². The molecule has 4 heterocycles. The van der Waals surface area contributed by atoms with Gasteiger partial charge in [0.25, 0.3) is 11.5 Å². The molecule has 8 rings (SSSR count). The van der Waals surface area contributed by atoms with Crippen LogP contribution in [0, 0.1) is 22.2 Å². The molecule has 1 saturated carbocycles. The normalized spacial score (nSPS) is 17.7. The quantitative estimate of drug-likeness (QED) is 0.0894. The van der Waals surface area contributed by atoms with E-state index < -0.39 is 10.8 Å². The molecule has 3 aromatic carbocycles. The van der Waals surface area contributed by atoms with Gasteiger partial charge in [-0.25, -0.2) is 9.97 Å². The molecule has 336 valence electrons. The Kier molecular flexibility index (Phi) is 12.6. The number of carbonyl (C=O) groups excluding carboxylic acids is 2. The molecule has 3 N–H and O–H groups in total. The van der Waals surface area contributed by atoms with E-state index in [-0.39, 0.29) is 35.6 Å². The Bertz CT molecular complexity index is 2830. The van der Waals surface area contributed by atoms with Gasteiger partial charge in [0.05, 0.1) is 28.9 Å². The molecule has 0 radical (unpaired) electrons. The van der Waals surface area contributed by atoms with Crippen molar-refractivity contribution in [3.8, 4) is 40.2 Å². The van der Waals surface area contributed by atoms with Gasteiger partial charge in [-0.3, -0.25) is 14.4 Å². The Balaban J connectivity index is 0.807. The van der Waals surface area contributed by atoms with Crippen molar-refractivity contribution in [3.63, 3.8) is 0 Å². The van der Waals surface area contributed by atoms with E-state index in [0.717, 1.165) is 23.8 Å². The number of nitriles is 1. The van der Waals surface area contributed by atoms with Gasteiger partial charge in [-0.1, -0.05) is 45.4 Å². The van der Waals surface area contributed by atoms with E-state index in [1.165, 1.54) is 11.5 Å². The summed E-state index contributed by atoms with van der Waals surface area (Å²) in [6.45, 7) is 11.8. The van der Waals surface area contributed by atoms with Crippen molar-refractivity contribution in [2.24, 2.45) is 17.9 Å². The molecule has 2 amide bonds. The number of pyridine rings is 1. The smallest absolute Gasteiger partial charge is 0.274 e. The number of nitrogens with one attached hydrogen (secondary N) is 3. The van der Waals surface area contributed by atoms with Gasteiger partial charge in [0.1, 0.15) is 47.3 Å². The van der Waals surface area contributed by atoms with Gasteiger partial charge in [-0.05, 0) is 61.4 Å². The lowest BCUT2D eigenvalue weighted by molar-refractivity contribution is -0.164. The standard InChI is InChI=1S/C49H51ClN8O7/c1-29(59)55-32-11-13-41(38(22-32)39-28-57(6)44(61)42-37(39)14-17-52-42)64-35-9-7-8-34(23-35)63-21-20-62-33-15-18-58(19-16-33)47-53-26-31(27-54-47)43(60)56-45-48(2,3)46(49(45,4)5)65-36-12-10-30(25-51)40(50)24-36/h7-14,17,22-24,26-28,33,45-46,52H,15-16,18-21H2,1-6H3,(H,55,59)(H,56,60). The minimum absolute atomic E-state index is 0.0494. The summed E-state index contributed by atoms with van der Waals surface area (Å²) in [4.78, 5) is 52.4. The highest BCUT2D eigenvalue weighted by Gasteiger charge is 2.64. The number of hydrogen-bond donors (Lipinski definition) is 3. The fourth-order valence-corrected chi connectivity index (χ4v) is 9.57. The van der Waals surface area contributed by atoms with E-state index in [9.17, 15) is 19.6 Å². The van der Waals surface area contributed by atoms with E-state index in [2.05, 4.69) is 64.2 Å². The third-order valence-corrected chi connectivity index (χ3v) is 12.6. The summed E-state index contributed by atoms with van der Waals surface area (Å²) in [6, 6.07) is 21.5. The van der Waals surface area contributed by atoms with Crippen LogP contribution in [0.1, 0.15) is 63.4 Å². The van der Waals surface area contributed by atoms with E-state index in [1.54, 1.807) is 62.2 Å². The molecule has 1 aliphatic carbocycles. The number of piperidine rings is 1. The number of fused-ring (bicyclic) bond motifs is 1. The van der Waals surface area contributed by atoms with Crippen molar-refractivity contribution in [2.45, 2.75) is 65.7 Å². The van der Waals surface area contributed by atoms with Crippen molar-refractivity contribution in [1.82, 2.24) is 24.8 Å². The zero-order valence-corrected chi connectivity index (χ0v) is 37.9. The van der Waals surface area contributed by atoms with E-state index >= 15 is 0 Å². The molecule has 3 aromatic heterocycles. The van der Waals surface area contributed by atoms with Gasteiger partial charge >= 0.3 is 0 Å². The van der Waals surface area contributed by atoms with Crippen LogP contribution in [-0.4, -0.2) is 75.9 Å². The number of rotatable bonds is 14. The number of aryl methyl sites for hydroxylation is 1. The molecule has 0 unspecified atom stereocenters. The summed E-state index contributed by atoms with van der Waals surface area (Å²) in [5.41, 5.74) is 2.34. The number of nitrogens with zero attached hydrogens (tertiary/aromatic N) is 5. The monoisotopic (exact) mass is 898 g/mol. The van der Waals surface area contributed by atoms with Crippen LogP contribution in [0.3, 0.4) is 0 Å². The fourth-order valence-electron chi connectivity index (χ4n) is 9.36. The van der Waals surface area contributed by atoms with Gasteiger partial charge in [0.15, 0.2) is 0 Å². The summed E-state index contributed by atoms with van der Waals surface area (Å²) >= 11 is 6.25. The number of halogens is 1. The molecular weight excluding hydrogens is 848 g/mol. The number of aromatic amines is 1. The second-order valence-electron chi connectivity index (χ2n) is 17.7. The average Bonchev–Trinajstić information content (AvgIpc) is 3.79. The number of anilines is 2. The topological polar surface area (TPSA) is 186 Å². The molecule has 1 aliphatic heterocycles. The van der Waals surface area contributed by atoms with Gasteiger partial charge < -0.3 is 44.0 Å². The van der Waals surface area contributed by atoms with Crippen LogP contribution < -0.4 is 35.3 Å². The molecule has 1 saturated heterocycles. The van der Waals surface area contributed by atoms with E-state index in [0.29, 0.717) is 88.2 Å². The minimum atomic E-state index is -0.402. The van der Waals surface area contributed by atoms with Crippen molar-refractivity contribution in [2.75, 3.05) is 36.5 Å². The highest BCUT2D eigenvalue weighted by Crippen LogP contribution is 2.55. The van der Waals surface area contributed by atoms with Crippen LogP contribution in [0.25, 0.3) is 22.0 Å². The average molecular weight is 899 g/mol. The molecule has 0 atom stereocenters. The maximum absolute atomic E-state index is 13.4. The molecule has 15 nitrogen and oxygen atoms in total. The number of benzene rings is 3. The molecule has 2 fully saturated rings. The summed E-state index contributed by atoms with van der Waals surface area (Å²) in [6.07, 6.45) is 8.03. The van der Waals surface area contributed by atoms with Crippen LogP contribution in [0.5, 0.6) is 23.0 Å². The van der Waals surface area contributed by atoms with Gasteiger partial charge in [-0.2, -0.15) is 5.26 Å². The number of amides is 2. The first-order chi connectivity index (χ1) is 31.1. The maximum Gasteiger partial charge on any atom is 0.274 e. The first-order valence-corrected chi connectivity index (χ1v) is 21.9. The molecule has 0 spiro atoms. The predicted octanol–water partition coefficient (Wildman–Crippen LogP) is 8.28. The zero-order chi connectivity index (χ0) is 46.0. The molecule has 65 heavy (non-hydrogen) atoms. The maximum atomic E-state index is 13.4. The Morgan fingerprint density at radius 2 is 1.68 bits per heavy atom. The number of aromatic nitrogens is 4. The molecule has 2 aliphatic rings. The second-order valence-corrected chi connectivity index (χ2v) is 18.1. The first-order valence-electron chi connectivity index (χ1n) is 21.5. The highest BCUT2D eigenvalue weighted by molar-refractivity contribution is 6.31. The number of H-pyrrole nitrogens is 1. The second kappa shape index (κ2) is 18.3. The molecule has 16 heteroatoms. The number of hydrogen-bond acceptors (Lipinski definition) is 11. The lowest BCUT2D eigenvalue weighted by Crippen LogP contribution is -2.74. The minimum Gasteiger partial charge on any atom is -0.491 e. The molecule has 0 bridgehead atoms.